The lowest BCUT2D eigenvalue weighted by Gasteiger charge is -2.45. The average Bonchev–Trinajstić information content (AvgIpc) is 2.42. The van der Waals surface area contributed by atoms with Gasteiger partial charge in [-0.3, -0.25) is 0 Å². The van der Waals surface area contributed by atoms with Crippen LogP contribution in [0.4, 0.5) is 0 Å². The summed E-state index contributed by atoms with van der Waals surface area (Å²) in [7, 11) is 1.58. The Bertz CT molecular complexity index is 374. The minimum Gasteiger partial charge on any atom is -0.454 e. The fraction of sp³-hybridized carbons (Fsp3) is 0.786. The first kappa shape index (κ1) is 23.8. The van der Waals surface area contributed by atoms with E-state index in [0.29, 0.717) is 12.0 Å². The summed E-state index contributed by atoms with van der Waals surface area (Å²) in [5.41, 5.74) is 4.83. The van der Waals surface area contributed by atoms with Gasteiger partial charge < -0.3 is 23.7 Å². The average molecular weight is 356 g/mol. The normalized spacial score (nSPS) is 14.7. The molecule has 0 aromatic carbocycles. The van der Waals surface area contributed by atoms with Crippen molar-refractivity contribution >= 4 is 27.2 Å². The van der Waals surface area contributed by atoms with Gasteiger partial charge in [0.1, 0.15) is 5.60 Å². The van der Waals surface area contributed by atoms with Gasteiger partial charge in [-0.15, -0.1) is 12.4 Å². The SMILES string of the molecule is C=C(C)C(=O)OC(CC)(C[Si](OC)(OC)OC)C(C)(C)N.Cl. The van der Waals surface area contributed by atoms with Crippen LogP contribution in [0, 0.1) is 0 Å². The summed E-state index contributed by atoms with van der Waals surface area (Å²) in [5, 5.41) is 0. The summed E-state index contributed by atoms with van der Waals surface area (Å²) in [5.74, 6) is -0.485. The van der Waals surface area contributed by atoms with E-state index < -0.39 is 25.9 Å². The van der Waals surface area contributed by atoms with Crippen molar-refractivity contribution in [2.45, 2.75) is 51.3 Å². The van der Waals surface area contributed by atoms with Crippen LogP contribution in [-0.4, -0.2) is 47.2 Å². The number of halogens is 1. The second-order valence-electron chi connectivity index (χ2n) is 5.71. The molecule has 8 heteroatoms. The fourth-order valence-corrected chi connectivity index (χ4v) is 4.54. The Hall–Kier alpha value is -0.443. The predicted octanol–water partition coefficient (Wildman–Crippen LogP) is 2.29. The van der Waals surface area contributed by atoms with E-state index in [1.54, 1.807) is 6.92 Å². The largest absolute Gasteiger partial charge is 0.504 e. The molecule has 1 unspecified atom stereocenters. The molecule has 6 nitrogen and oxygen atoms in total. The van der Waals surface area contributed by atoms with E-state index in [1.807, 2.05) is 20.8 Å². The van der Waals surface area contributed by atoms with Crippen LogP contribution in [0.1, 0.15) is 34.1 Å². The zero-order valence-corrected chi connectivity index (χ0v) is 16.5. The molecule has 0 aromatic rings. The molecule has 0 aliphatic heterocycles. The number of carbonyl (C=O) groups excluding carboxylic acids is 1. The Morgan fingerprint density at radius 1 is 1.18 bits per heavy atom. The van der Waals surface area contributed by atoms with Gasteiger partial charge in [-0.2, -0.15) is 0 Å². The van der Waals surface area contributed by atoms with Crippen molar-refractivity contribution < 1.29 is 22.8 Å². The monoisotopic (exact) mass is 355 g/mol. The lowest BCUT2D eigenvalue weighted by atomic mass is 9.82. The first-order valence-corrected chi connectivity index (χ1v) is 8.79. The summed E-state index contributed by atoms with van der Waals surface area (Å²) >= 11 is 0. The highest BCUT2D eigenvalue weighted by molar-refractivity contribution is 6.60. The second-order valence-corrected chi connectivity index (χ2v) is 8.66. The molecule has 0 aliphatic carbocycles. The Morgan fingerprint density at radius 3 is 1.82 bits per heavy atom. The van der Waals surface area contributed by atoms with Crippen molar-refractivity contribution in [3.8, 4) is 0 Å². The number of rotatable bonds is 9. The van der Waals surface area contributed by atoms with Crippen LogP contribution < -0.4 is 5.73 Å². The number of nitrogens with two attached hydrogens (primary N) is 1. The molecular weight excluding hydrogens is 326 g/mol. The number of ether oxygens (including phenoxy) is 1. The Labute approximate surface area is 141 Å². The fourth-order valence-electron chi connectivity index (χ4n) is 2.13. The van der Waals surface area contributed by atoms with Gasteiger partial charge >= 0.3 is 14.8 Å². The minimum absolute atomic E-state index is 0. The van der Waals surface area contributed by atoms with Crippen molar-refractivity contribution in [1.29, 1.82) is 0 Å². The van der Waals surface area contributed by atoms with Gasteiger partial charge in [0.2, 0.25) is 0 Å². The van der Waals surface area contributed by atoms with Crippen molar-refractivity contribution in [3.05, 3.63) is 12.2 Å². The quantitative estimate of drug-likeness (QED) is 0.388. The van der Waals surface area contributed by atoms with Crippen LogP contribution in [0.15, 0.2) is 12.2 Å². The summed E-state index contributed by atoms with van der Waals surface area (Å²) < 4.78 is 22.1. The number of esters is 1. The van der Waals surface area contributed by atoms with E-state index >= 15 is 0 Å². The second kappa shape index (κ2) is 9.00. The van der Waals surface area contributed by atoms with Crippen molar-refractivity contribution in [2.75, 3.05) is 21.3 Å². The lowest BCUT2D eigenvalue weighted by Crippen LogP contribution is -2.63. The molecule has 22 heavy (non-hydrogen) atoms. The first-order chi connectivity index (χ1) is 9.53. The molecule has 0 aliphatic rings. The van der Waals surface area contributed by atoms with E-state index in [1.165, 1.54) is 21.3 Å². The van der Waals surface area contributed by atoms with E-state index in [-0.39, 0.29) is 18.5 Å². The molecule has 1 atom stereocenters. The van der Waals surface area contributed by atoms with Gasteiger partial charge in [0, 0.05) is 26.9 Å². The lowest BCUT2D eigenvalue weighted by molar-refractivity contribution is -0.161. The number of hydrogen-bond donors (Lipinski definition) is 1. The molecule has 0 spiro atoms. The highest BCUT2D eigenvalue weighted by Gasteiger charge is 2.55. The Morgan fingerprint density at radius 2 is 1.59 bits per heavy atom. The molecule has 132 valence electrons. The smallest absolute Gasteiger partial charge is 0.454 e. The summed E-state index contributed by atoms with van der Waals surface area (Å²) in [6.45, 7) is 10.7. The van der Waals surface area contributed by atoms with E-state index in [4.69, 9.17) is 23.7 Å². The van der Waals surface area contributed by atoms with Gasteiger partial charge in [-0.1, -0.05) is 13.5 Å². The molecule has 0 rings (SSSR count). The van der Waals surface area contributed by atoms with Crippen molar-refractivity contribution in [3.63, 3.8) is 0 Å². The molecule has 0 bridgehead atoms. The van der Waals surface area contributed by atoms with Gasteiger partial charge in [-0.25, -0.2) is 4.79 Å². The molecule has 0 amide bonds. The van der Waals surface area contributed by atoms with Crippen LogP contribution in [0.3, 0.4) is 0 Å². The molecule has 0 saturated heterocycles. The Kier molecular flexibility index (Phi) is 9.74. The standard InChI is InChI=1S/C14H29NO5Si.ClH/c1-9-14(13(4,5)15,20-12(16)11(2)3)10-21(17-6,18-7)19-8;/h2,9-10,15H2,1,3-8H3;1H. The van der Waals surface area contributed by atoms with E-state index in [0.717, 1.165) is 0 Å². The van der Waals surface area contributed by atoms with Gasteiger partial charge in [-0.05, 0) is 27.2 Å². The third kappa shape index (κ3) is 5.33. The van der Waals surface area contributed by atoms with Gasteiger partial charge in [0.05, 0.1) is 11.6 Å². The van der Waals surface area contributed by atoms with Crippen LogP contribution >= 0.6 is 12.4 Å². The van der Waals surface area contributed by atoms with E-state index in [9.17, 15) is 4.79 Å². The Balaban J connectivity index is 0. The third-order valence-corrected chi connectivity index (χ3v) is 6.69. The zero-order chi connectivity index (χ0) is 16.9. The predicted molar refractivity (Wildman–Crippen MR) is 91.0 cm³/mol. The molecule has 0 saturated carbocycles. The summed E-state index contributed by atoms with van der Waals surface area (Å²) in [6.07, 6.45) is 0.500. The molecule has 0 fully saturated rings. The summed E-state index contributed by atoms with van der Waals surface area (Å²) in [6, 6.07) is 0.266. The number of hydrogen-bond acceptors (Lipinski definition) is 6. The number of carbonyl (C=O) groups is 1. The molecular formula is C14H30ClNO5Si. The maximum atomic E-state index is 12.0. The highest BCUT2D eigenvalue weighted by Crippen LogP contribution is 2.37. The molecule has 0 radical (unpaired) electrons. The third-order valence-electron chi connectivity index (χ3n) is 3.82. The maximum Gasteiger partial charge on any atom is 0.504 e. The molecule has 2 N–H and O–H groups in total. The van der Waals surface area contributed by atoms with Crippen molar-refractivity contribution in [1.82, 2.24) is 0 Å². The van der Waals surface area contributed by atoms with Crippen LogP contribution in [0.25, 0.3) is 0 Å². The van der Waals surface area contributed by atoms with E-state index in [2.05, 4.69) is 6.58 Å². The topological polar surface area (TPSA) is 80.0 Å². The van der Waals surface area contributed by atoms with Gasteiger partial charge in [0.15, 0.2) is 0 Å². The van der Waals surface area contributed by atoms with Crippen LogP contribution in [-0.2, 0) is 22.8 Å². The molecule has 0 aromatic heterocycles. The maximum absolute atomic E-state index is 12.0. The van der Waals surface area contributed by atoms with Gasteiger partial charge in [0.25, 0.3) is 0 Å². The minimum atomic E-state index is -2.97. The van der Waals surface area contributed by atoms with Crippen LogP contribution in [0.2, 0.25) is 6.04 Å². The first-order valence-electron chi connectivity index (χ1n) is 6.86. The highest BCUT2D eigenvalue weighted by atomic mass is 35.5. The van der Waals surface area contributed by atoms with Crippen molar-refractivity contribution in [2.24, 2.45) is 5.73 Å². The summed E-state index contributed by atoms with van der Waals surface area (Å²) in [4.78, 5) is 12.0. The zero-order valence-electron chi connectivity index (χ0n) is 14.6. The van der Waals surface area contributed by atoms with Crippen LogP contribution in [0.5, 0.6) is 0 Å². The molecule has 0 heterocycles.